The third-order valence-corrected chi connectivity index (χ3v) is 5.76. The molecule has 0 aromatic carbocycles. The first kappa shape index (κ1) is 24.3. The second-order valence-corrected chi connectivity index (χ2v) is 9.79. The van der Waals surface area contributed by atoms with Gasteiger partial charge in [-0.3, -0.25) is 9.69 Å². The highest BCUT2D eigenvalue weighted by Crippen LogP contribution is 2.31. The number of hydrogen-bond donors (Lipinski definition) is 2. The molecular formula is C25H32N6O4. The summed E-state index contributed by atoms with van der Waals surface area (Å²) in [5, 5.41) is 10.8. The van der Waals surface area contributed by atoms with E-state index >= 15 is 0 Å². The van der Waals surface area contributed by atoms with Crippen LogP contribution in [0.3, 0.4) is 0 Å². The molecule has 2 amide bonds. The molecule has 0 unspecified atom stereocenters. The molecule has 0 bridgehead atoms. The van der Waals surface area contributed by atoms with Crippen molar-refractivity contribution in [1.29, 1.82) is 0 Å². The summed E-state index contributed by atoms with van der Waals surface area (Å²) >= 11 is 0. The highest BCUT2D eigenvalue weighted by atomic mass is 16.6. The Balaban J connectivity index is 1.78. The van der Waals surface area contributed by atoms with E-state index in [4.69, 9.17) is 9.47 Å². The van der Waals surface area contributed by atoms with E-state index in [0.29, 0.717) is 34.2 Å². The lowest BCUT2D eigenvalue weighted by Gasteiger charge is -2.26. The number of nitrogens with zero attached hydrogens (tertiary/aromatic N) is 4. The summed E-state index contributed by atoms with van der Waals surface area (Å²) in [6, 6.07) is 5.68. The Morgan fingerprint density at radius 1 is 1.17 bits per heavy atom. The topological polar surface area (TPSA) is 110 Å². The largest absolute Gasteiger partial charge is 0.480 e. The molecule has 1 saturated carbocycles. The SMILES string of the molecule is COc1ncc(C)cc1Nc1cc(N(C)C(=O)OC(C)(C)C)n2ncc(C(=O)NC3CCC3)c2c1. The lowest BCUT2D eigenvalue weighted by molar-refractivity contribution is 0.0587. The first-order valence-electron chi connectivity index (χ1n) is 11.6. The predicted octanol–water partition coefficient (Wildman–Crippen LogP) is 4.44. The van der Waals surface area contributed by atoms with Crippen LogP contribution in [0.15, 0.2) is 30.6 Å². The fraction of sp³-hybridized carbons (Fsp3) is 0.440. The number of ether oxygens (including phenoxy) is 2. The van der Waals surface area contributed by atoms with Crippen molar-refractivity contribution in [2.75, 3.05) is 24.4 Å². The van der Waals surface area contributed by atoms with Gasteiger partial charge in [0.05, 0.1) is 24.4 Å². The van der Waals surface area contributed by atoms with Crippen molar-refractivity contribution in [1.82, 2.24) is 19.9 Å². The van der Waals surface area contributed by atoms with Crippen molar-refractivity contribution in [3.8, 4) is 5.88 Å². The van der Waals surface area contributed by atoms with Gasteiger partial charge in [0.1, 0.15) is 17.1 Å². The summed E-state index contributed by atoms with van der Waals surface area (Å²) in [4.78, 5) is 31.6. The Hall–Kier alpha value is -3.82. The Kier molecular flexibility index (Phi) is 6.56. The molecule has 0 aliphatic heterocycles. The lowest BCUT2D eigenvalue weighted by atomic mass is 9.93. The van der Waals surface area contributed by atoms with E-state index in [1.807, 2.05) is 19.1 Å². The average molecular weight is 481 g/mol. The Bertz CT molecular complexity index is 1260. The zero-order valence-electron chi connectivity index (χ0n) is 21.0. The van der Waals surface area contributed by atoms with Crippen molar-refractivity contribution in [2.45, 2.75) is 58.6 Å². The van der Waals surface area contributed by atoms with Gasteiger partial charge in [0.2, 0.25) is 5.88 Å². The third kappa shape index (κ3) is 5.31. The van der Waals surface area contributed by atoms with Crippen LogP contribution in [0.4, 0.5) is 22.0 Å². The fourth-order valence-electron chi connectivity index (χ4n) is 3.76. The minimum atomic E-state index is -0.668. The number of methoxy groups -OCH3 is 1. The number of carbonyl (C=O) groups excluding carboxylic acids is 2. The Labute approximate surface area is 204 Å². The minimum absolute atomic E-state index is 0.185. The molecule has 186 valence electrons. The van der Waals surface area contributed by atoms with E-state index in [9.17, 15) is 9.59 Å². The van der Waals surface area contributed by atoms with E-state index in [-0.39, 0.29) is 11.9 Å². The van der Waals surface area contributed by atoms with Gasteiger partial charge in [-0.2, -0.15) is 5.10 Å². The van der Waals surface area contributed by atoms with E-state index in [2.05, 4.69) is 20.7 Å². The summed E-state index contributed by atoms with van der Waals surface area (Å²) in [6.07, 6.45) is 5.77. The number of pyridine rings is 2. The van der Waals surface area contributed by atoms with Crippen molar-refractivity contribution in [3.63, 3.8) is 0 Å². The third-order valence-electron chi connectivity index (χ3n) is 5.76. The molecule has 0 atom stereocenters. The van der Waals surface area contributed by atoms with Crippen molar-refractivity contribution < 1.29 is 19.1 Å². The van der Waals surface area contributed by atoms with Crippen LogP contribution < -0.4 is 20.3 Å². The number of amides is 2. The first-order valence-corrected chi connectivity index (χ1v) is 11.6. The van der Waals surface area contributed by atoms with Gasteiger partial charge in [-0.05, 0) is 64.7 Å². The second kappa shape index (κ2) is 9.44. The zero-order chi connectivity index (χ0) is 25.3. The molecule has 3 aromatic heterocycles. The fourth-order valence-corrected chi connectivity index (χ4v) is 3.76. The standard InChI is InChI=1S/C25H32N6O4/c1-15-10-19(23(34-6)26-13-15)28-17-11-20-18(22(32)29-16-8-7-9-16)14-27-31(20)21(12-17)30(5)24(33)35-25(2,3)4/h10-14,16,28H,7-9H2,1-6H3,(H,29,32). The highest BCUT2D eigenvalue weighted by molar-refractivity contribution is 6.02. The quantitative estimate of drug-likeness (QED) is 0.536. The highest BCUT2D eigenvalue weighted by Gasteiger charge is 2.26. The van der Waals surface area contributed by atoms with Gasteiger partial charge >= 0.3 is 6.09 Å². The maximum atomic E-state index is 13.0. The van der Waals surface area contributed by atoms with E-state index in [0.717, 1.165) is 24.8 Å². The molecule has 0 saturated heterocycles. The zero-order valence-corrected chi connectivity index (χ0v) is 21.0. The number of nitrogens with one attached hydrogen (secondary N) is 2. The van der Waals surface area contributed by atoms with Crippen LogP contribution in [0.25, 0.3) is 5.52 Å². The summed E-state index contributed by atoms with van der Waals surface area (Å²) in [6.45, 7) is 7.35. The molecule has 3 aromatic rings. The molecule has 2 N–H and O–H groups in total. The van der Waals surface area contributed by atoms with Crippen LogP contribution in [0, 0.1) is 6.92 Å². The van der Waals surface area contributed by atoms with Gasteiger partial charge in [-0.1, -0.05) is 0 Å². The monoisotopic (exact) mass is 480 g/mol. The van der Waals surface area contributed by atoms with Gasteiger partial charge in [0, 0.05) is 31.0 Å². The Morgan fingerprint density at radius 3 is 2.54 bits per heavy atom. The van der Waals surface area contributed by atoms with Gasteiger partial charge in [0.15, 0.2) is 0 Å². The molecule has 0 radical (unpaired) electrons. The minimum Gasteiger partial charge on any atom is -0.480 e. The number of carbonyl (C=O) groups is 2. The smallest absolute Gasteiger partial charge is 0.415 e. The number of rotatable bonds is 6. The Morgan fingerprint density at radius 2 is 1.91 bits per heavy atom. The maximum Gasteiger partial charge on any atom is 0.415 e. The molecule has 4 rings (SSSR count). The molecule has 10 nitrogen and oxygen atoms in total. The second-order valence-electron chi connectivity index (χ2n) is 9.79. The lowest BCUT2D eigenvalue weighted by Crippen LogP contribution is -2.39. The van der Waals surface area contributed by atoms with E-state index in [1.165, 1.54) is 11.1 Å². The summed E-state index contributed by atoms with van der Waals surface area (Å²) < 4.78 is 12.5. The van der Waals surface area contributed by atoms with Crippen molar-refractivity contribution in [2.24, 2.45) is 0 Å². The molecule has 1 aliphatic carbocycles. The van der Waals surface area contributed by atoms with Gasteiger partial charge in [-0.25, -0.2) is 14.3 Å². The molecule has 1 fully saturated rings. The molecule has 0 spiro atoms. The number of hydrogen-bond acceptors (Lipinski definition) is 7. The molecule has 10 heteroatoms. The molecule has 1 aliphatic rings. The van der Waals surface area contributed by atoms with Crippen LogP contribution in [0.2, 0.25) is 0 Å². The summed E-state index contributed by atoms with van der Waals surface area (Å²) in [5.41, 5.74) is 2.55. The van der Waals surface area contributed by atoms with Gasteiger partial charge in [-0.15, -0.1) is 0 Å². The predicted molar refractivity (Wildman–Crippen MR) is 134 cm³/mol. The van der Waals surface area contributed by atoms with Crippen LogP contribution in [-0.2, 0) is 4.74 Å². The summed E-state index contributed by atoms with van der Waals surface area (Å²) in [7, 11) is 3.16. The normalized spacial score (nSPS) is 13.8. The molecular weight excluding hydrogens is 448 g/mol. The van der Waals surface area contributed by atoms with Crippen LogP contribution in [0.5, 0.6) is 5.88 Å². The van der Waals surface area contributed by atoms with Crippen molar-refractivity contribution in [3.05, 3.63) is 41.7 Å². The van der Waals surface area contributed by atoms with Crippen LogP contribution in [-0.4, -0.2) is 52.4 Å². The maximum absolute atomic E-state index is 13.0. The first-order chi connectivity index (χ1) is 16.6. The van der Waals surface area contributed by atoms with Crippen molar-refractivity contribution >= 4 is 34.7 Å². The summed E-state index contributed by atoms with van der Waals surface area (Å²) in [5.74, 6) is 0.665. The number of aryl methyl sites for hydroxylation is 1. The average Bonchev–Trinajstić information content (AvgIpc) is 3.18. The van der Waals surface area contributed by atoms with Gasteiger partial charge < -0.3 is 20.1 Å². The van der Waals surface area contributed by atoms with Crippen LogP contribution in [0.1, 0.15) is 56.0 Å². The number of fused-ring (bicyclic) bond motifs is 1. The number of aromatic nitrogens is 3. The molecule has 35 heavy (non-hydrogen) atoms. The number of anilines is 3. The van der Waals surface area contributed by atoms with E-state index < -0.39 is 11.7 Å². The van der Waals surface area contributed by atoms with Crippen LogP contribution >= 0.6 is 0 Å². The van der Waals surface area contributed by atoms with E-state index in [1.54, 1.807) is 51.7 Å². The van der Waals surface area contributed by atoms with Gasteiger partial charge in [0.25, 0.3) is 5.91 Å². The molecule has 3 heterocycles.